The number of sulfonamides is 1. The average Bonchev–Trinajstić information content (AvgIpc) is 2.91. The molecule has 0 saturated carbocycles. The van der Waals surface area contributed by atoms with Crippen LogP contribution in [0.5, 0.6) is 0 Å². The summed E-state index contributed by atoms with van der Waals surface area (Å²) in [5.74, 6) is -2.09. The maximum Gasteiger partial charge on any atom is 0.338 e. The zero-order valence-corrected chi connectivity index (χ0v) is 11.8. The molecule has 0 amide bonds. The number of carboxylic acid groups (broad SMARTS) is 1. The van der Waals surface area contributed by atoms with Gasteiger partial charge in [0.05, 0.1) is 17.0 Å². The number of hydrogen-bond acceptors (Lipinski definition) is 4. The molecule has 0 spiro atoms. The van der Waals surface area contributed by atoms with Crippen molar-refractivity contribution in [1.29, 1.82) is 0 Å². The number of halogens is 1. The predicted molar refractivity (Wildman–Crippen MR) is 70.6 cm³/mol. The quantitative estimate of drug-likeness (QED) is 0.859. The molecule has 0 unspecified atom stereocenters. The molecule has 0 aliphatic carbocycles. The van der Waals surface area contributed by atoms with Gasteiger partial charge in [0.15, 0.2) is 0 Å². The average molecular weight is 313 g/mol. The molecule has 0 fully saturated rings. The van der Waals surface area contributed by atoms with Crippen molar-refractivity contribution >= 4 is 16.0 Å². The number of aromatic carboxylic acids is 1. The molecule has 9 heteroatoms. The van der Waals surface area contributed by atoms with Gasteiger partial charge in [-0.2, -0.15) is 4.31 Å². The summed E-state index contributed by atoms with van der Waals surface area (Å²) < 4.78 is 38.9. The first-order valence-corrected chi connectivity index (χ1v) is 7.24. The first kappa shape index (κ1) is 15.1. The van der Waals surface area contributed by atoms with Crippen LogP contribution in [0.1, 0.15) is 16.2 Å². The summed E-state index contributed by atoms with van der Waals surface area (Å²) in [7, 11) is -2.62. The van der Waals surface area contributed by atoms with Gasteiger partial charge in [0, 0.05) is 19.4 Å². The highest BCUT2D eigenvalue weighted by molar-refractivity contribution is 7.89. The monoisotopic (exact) mass is 313 g/mol. The van der Waals surface area contributed by atoms with Gasteiger partial charge in [-0.05, 0) is 18.2 Å². The van der Waals surface area contributed by atoms with Gasteiger partial charge >= 0.3 is 5.97 Å². The number of imidazole rings is 1. The van der Waals surface area contributed by atoms with Crippen molar-refractivity contribution in [2.24, 2.45) is 0 Å². The molecule has 2 aromatic rings. The molecular formula is C12H12FN3O4S. The molecule has 0 saturated heterocycles. The minimum Gasteiger partial charge on any atom is -0.478 e. The van der Waals surface area contributed by atoms with Gasteiger partial charge in [-0.3, -0.25) is 0 Å². The van der Waals surface area contributed by atoms with Crippen LogP contribution in [0, 0.1) is 5.82 Å². The second-order valence-corrected chi connectivity index (χ2v) is 6.29. The molecule has 0 aliphatic rings. The Morgan fingerprint density at radius 2 is 2.19 bits per heavy atom. The highest BCUT2D eigenvalue weighted by Crippen LogP contribution is 2.19. The van der Waals surface area contributed by atoms with Crippen molar-refractivity contribution in [2.75, 3.05) is 7.05 Å². The molecule has 112 valence electrons. The second-order valence-electron chi connectivity index (χ2n) is 4.24. The van der Waals surface area contributed by atoms with Gasteiger partial charge in [-0.25, -0.2) is 22.6 Å². The van der Waals surface area contributed by atoms with E-state index in [0.29, 0.717) is 5.82 Å². The van der Waals surface area contributed by atoms with Crippen molar-refractivity contribution in [2.45, 2.75) is 11.4 Å². The highest BCUT2D eigenvalue weighted by atomic mass is 32.2. The molecule has 0 bridgehead atoms. The molecule has 1 aromatic carbocycles. The van der Waals surface area contributed by atoms with Crippen LogP contribution in [0.4, 0.5) is 4.39 Å². The number of benzene rings is 1. The van der Waals surface area contributed by atoms with Crippen LogP contribution in [0.25, 0.3) is 0 Å². The van der Waals surface area contributed by atoms with E-state index < -0.39 is 27.4 Å². The minimum atomic E-state index is -3.94. The lowest BCUT2D eigenvalue weighted by atomic mass is 10.2. The number of H-pyrrole nitrogens is 1. The Labute approximate surface area is 120 Å². The SMILES string of the molecule is CN(Cc1ncc[nH]1)S(=O)(=O)c1ccc(F)c(C(=O)O)c1. The van der Waals surface area contributed by atoms with Crippen molar-refractivity contribution in [3.8, 4) is 0 Å². The van der Waals surface area contributed by atoms with E-state index in [1.807, 2.05) is 0 Å². The second kappa shape index (κ2) is 5.62. The Morgan fingerprint density at radius 3 is 2.76 bits per heavy atom. The van der Waals surface area contributed by atoms with Crippen LogP contribution < -0.4 is 0 Å². The number of carbonyl (C=O) groups is 1. The number of nitrogens with zero attached hydrogens (tertiary/aromatic N) is 2. The Hall–Kier alpha value is -2.26. The van der Waals surface area contributed by atoms with E-state index in [2.05, 4.69) is 9.97 Å². The fourth-order valence-corrected chi connectivity index (χ4v) is 2.85. The fourth-order valence-electron chi connectivity index (χ4n) is 1.69. The molecule has 0 aliphatic heterocycles. The molecule has 1 heterocycles. The Balaban J connectivity index is 2.35. The van der Waals surface area contributed by atoms with E-state index >= 15 is 0 Å². The van der Waals surface area contributed by atoms with Crippen molar-refractivity contribution in [3.63, 3.8) is 0 Å². The third-order valence-corrected chi connectivity index (χ3v) is 4.60. The van der Waals surface area contributed by atoms with E-state index in [9.17, 15) is 17.6 Å². The highest BCUT2D eigenvalue weighted by Gasteiger charge is 2.24. The normalized spacial score (nSPS) is 11.8. The molecule has 0 atom stereocenters. The van der Waals surface area contributed by atoms with E-state index in [1.165, 1.54) is 13.2 Å². The maximum absolute atomic E-state index is 13.3. The molecule has 7 nitrogen and oxygen atoms in total. The molecule has 2 N–H and O–H groups in total. The molecule has 2 rings (SSSR count). The summed E-state index contributed by atoms with van der Waals surface area (Å²) in [4.78, 5) is 17.2. The number of carboxylic acids is 1. The zero-order valence-electron chi connectivity index (χ0n) is 10.9. The van der Waals surface area contributed by atoms with E-state index in [4.69, 9.17) is 5.11 Å². The van der Waals surface area contributed by atoms with Gasteiger partial charge < -0.3 is 10.1 Å². The number of aromatic nitrogens is 2. The minimum absolute atomic E-state index is 0.0187. The van der Waals surface area contributed by atoms with E-state index in [0.717, 1.165) is 22.5 Å². The van der Waals surface area contributed by atoms with Gasteiger partial charge in [-0.15, -0.1) is 0 Å². The van der Waals surface area contributed by atoms with Crippen LogP contribution >= 0.6 is 0 Å². The van der Waals surface area contributed by atoms with Crippen molar-refractivity contribution in [1.82, 2.24) is 14.3 Å². The lowest BCUT2D eigenvalue weighted by Crippen LogP contribution is -2.27. The Bertz CT molecular complexity index is 759. The number of nitrogens with one attached hydrogen (secondary N) is 1. The fraction of sp³-hybridized carbons (Fsp3) is 0.167. The van der Waals surface area contributed by atoms with E-state index in [-0.39, 0.29) is 11.4 Å². The largest absolute Gasteiger partial charge is 0.478 e. The summed E-state index contributed by atoms with van der Waals surface area (Å²) in [6, 6.07) is 2.64. The summed E-state index contributed by atoms with van der Waals surface area (Å²) in [5, 5.41) is 8.84. The van der Waals surface area contributed by atoms with Gasteiger partial charge in [0.25, 0.3) is 0 Å². The Kier molecular flexibility index (Phi) is 4.05. The lowest BCUT2D eigenvalue weighted by molar-refractivity contribution is 0.0691. The third-order valence-electron chi connectivity index (χ3n) is 2.80. The summed E-state index contributed by atoms with van der Waals surface area (Å²) in [5.41, 5.74) is -0.692. The summed E-state index contributed by atoms with van der Waals surface area (Å²) in [6.45, 7) is -0.0187. The first-order valence-electron chi connectivity index (χ1n) is 5.80. The van der Waals surface area contributed by atoms with Crippen LogP contribution in [0.3, 0.4) is 0 Å². The first-order chi connectivity index (χ1) is 9.82. The van der Waals surface area contributed by atoms with Crippen LogP contribution in [-0.4, -0.2) is 40.8 Å². The van der Waals surface area contributed by atoms with Gasteiger partial charge in [-0.1, -0.05) is 0 Å². The van der Waals surface area contributed by atoms with Crippen molar-refractivity contribution in [3.05, 3.63) is 47.8 Å². The number of rotatable bonds is 5. The standard InChI is InChI=1S/C12H12FN3O4S/c1-16(7-11-14-4-5-15-11)21(19,20)8-2-3-10(13)9(6-8)12(17)18/h2-6H,7H2,1H3,(H,14,15)(H,17,18). The molecule has 0 radical (unpaired) electrons. The van der Waals surface area contributed by atoms with Crippen molar-refractivity contribution < 1.29 is 22.7 Å². The van der Waals surface area contributed by atoms with Gasteiger partial charge in [0.2, 0.25) is 10.0 Å². The lowest BCUT2D eigenvalue weighted by Gasteiger charge is -2.16. The topological polar surface area (TPSA) is 103 Å². The summed E-state index contributed by atoms with van der Waals surface area (Å²) >= 11 is 0. The maximum atomic E-state index is 13.3. The van der Waals surface area contributed by atoms with Crippen LogP contribution in [0.15, 0.2) is 35.5 Å². The smallest absolute Gasteiger partial charge is 0.338 e. The molecule has 1 aromatic heterocycles. The number of hydrogen-bond donors (Lipinski definition) is 2. The van der Waals surface area contributed by atoms with Crippen LogP contribution in [-0.2, 0) is 16.6 Å². The van der Waals surface area contributed by atoms with E-state index in [1.54, 1.807) is 6.20 Å². The number of aromatic amines is 1. The molecule has 21 heavy (non-hydrogen) atoms. The van der Waals surface area contributed by atoms with Gasteiger partial charge in [0.1, 0.15) is 11.6 Å². The predicted octanol–water partition coefficient (Wildman–Crippen LogP) is 1.07. The third kappa shape index (κ3) is 3.09. The Morgan fingerprint density at radius 1 is 1.48 bits per heavy atom. The zero-order chi connectivity index (χ0) is 15.6. The molecular weight excluding hydrogens is 301 g/mol. The summed E-state index contributed by atoms with van der Waals surface area (Å²) in [6.07, 6.45) is 3.03. The van der Waals surface area contributed by atoms with Crippen LogP contribution in [0.2, 0.25) is 0 Å².